The molecular formula is C9H5ClFNO2. The molecular weight excluding hydrogens is 209 g/mol. The number of carbonyl (C=O) groups is 1. The second-order valence-electron chi connectivity index (χ2n) is 2.24. The first-order valence-corrected chi connectivity index (χ1v) is 3.92. The summed E-state index contributed by atoms with van der Waals surface area (Å²) in [6.45, 7) is 0. The number of halogens is 2. The van der Waals surface area contributed by atoms with Crippen molar-refractivity contribution in [2.45, 2.75) is 0 Å². The van der Waals surface area contributed by atoms with E-state index in [1.165, 1.54) is 13.3 Å². The number of aromatic nitrogens is 1. The Kier molecular flexibility index (Phi) is 3.43. The summed E-state index contributed by atoms with van der Waals surface area (Å²) >= 11 is 5.34. The summed E-state index contributed by atoms with van der Waals surface area (Å²) in [5.41, 5.74) is 0.261. The highest BCUT2D eigenvalue weighted by Gasteiger charge is 2.00. The molecule has 0 bridgehead atoms. The van der Waals surface area contributed by atoms with Gasteiger partial charge in [0.1, 0.15) is 0 Å². The molecule has 0 aliphatic rings. The van der Waals surface area contributed by atoms with Crippen LogP contribution in [0.2, 0.25) is 5.15 Å². The number of carbonyl (C=O) groups excluding carboxylic acids is 1. The average molecular weight is 214 g/mol. The van der Waals surface area contributed by atoms with Crippen LogP contribution in [-0.2, 0) is 9.53 Å². The quantitative estimate of drug-likeness (QED) is 0.372. The van der Waals surface area contributed by atoms with Gasteiger partial charge in [0.2, 0.25) is 0 Å². The van der Waals surface area contributed by atoms with Crippen molar-refractivity contribution in [3.63, 3.8) is 0 Å². The third-order valence-electron chi connectivity index (χ3n) is 1.29. The zero-order valence-electron chi connectivity index (χ0n) is 7.17. The molecule has 0 fully saturated rings. The molecule has 1 heterocycles. The first kappa shape index (κ1) is 10.5. The minimum atomic E-state index is -0.694. The molecule has 0 aromatic carbocycles. The van der Waals surface area contributed by atoms with Crippen molar-refractivity contribution in [3.05, 3.63) is 28.8 Å². The Bertz CT molecular complexity index is 423. The zero-order valence-corrected chi connectivity index (χ0v) is 7.93. The van der Waals surface area contributed by atoms with Gasteiger partial charge < -0.3 is 4.74 Å². The van der Waals surface area contributed by atoms with Gasteiger partial charge in [-0.2, -0.15) is 0 Å². The average Bonchev–Trinajstić information content (AvgIpc) is 2.19. The maximum absolute atomic E-state index is 12.8. The fraction of sp³-hybridized carbons (Fsp3) is 0.111. The third kappa shape index (κ3) is 2.71. The number of pyridine rings is 1. The molecule has 14 heavy (non-hydrogen) atoms. The fourth-order valence-corrected chi connectivity index (χ4v) is 0.767. The molecule has 3 nitrogen and oxygen atoms in total. The molecule has 0 radical (unpaired) electrons. The Morgan fingerprint density at radius 1 is 1.71 bits per heavy atom. The molecule has 0 atom stereocenters. The first-order chi connectivity index (χ1) is 6.63. The van der Waals surface area contributed by atoms with Crippen molar-refractivity contribution in [1.82, 2.24) is 4.98 Å². The predicted molar refractivity (Wildman–Crippen MR) is 48.1 cm³/mol. The number of methoxy groups -OCH3 is 1. The summed E-state index contributed by atoms with van der Waals surface area (Å²) in [5, 5.41) is -0.228. The summed E-state index contributed by atoms with van der Waals surface area (Å²) in [6, 6.07) is 1.09. The van der Waals surface area contributed by atoms with E-state index in [9.17, 15) is 9.18 Å². The molecule has 5 heteroatoms. The van der Waals surface area contributed by atoms with E-state index in [1.807, 2.05) is 0 Å². The molecule has 0 unspecified atom stereocenters. The van der Waals surface area contributed by atoms with Gasteiger partial charge in [-0.15, -0.1) is 0 Å². The predicted octanol–water partition coefficient (Wildman–Crippen LogP) is 1.40. The highest BCUT2D eigenvalue weighted by atomic mass is 35.5. The van der Waals surface area contributed by atoms with E-state index in [2.05, 4.69) is 21.6 Å². The van der Waals surface area contributed by atoms with Crippen molar-refractivity contribution in [2.75, 3.05) is 7.11 Å². The number of hydrogen-bond donors (Lipinski definition) is 0. The Morgan fingerprint density at radius 3 is 3.00 bits per heavy atom. The monoisotopic (exact) mass is 213 g/mol. The Balaban J connectivity index is 2.91. The highest BCUT2D eigenvalue weighted by molar-refractivity contribution is 6.29. The Labute approximate surface area is 84.9 Å². The van der Waals surface area contributed by atoms with Crippen LogP contribution in [0.5, 0.6) is 0 Å². The van der Waals surface area contributed by atoms with Crippen molar-refractivity contribution in [1.29, 1.82) is 0 Å². The van der Waals surface area contributed by atoms with Crippen molar-refractivity contribution < 1.29 is 13.9 Å². The number of esters is 1. The maximum atomic E-state index is 12.8. The summed E-state index contributed by atoms with van der Waals surface area (Å²) < 4.78 is 17.1. The SMILES string of the molecule is COC(=O)C#Cc1cnc(Cl)c(F)c1. The van der Waals surface area contributed by atoms with Gasteiger partial charge in [-0.3, -0.25) is 0 Å². The minimum absolute atomic E-state index is 0.228. The van der Waals surface area contributed by atoms with Crippen LogP contribution in [0.1, 0.15) is 5.56 Å². The summed E-state index contributed by atoms with van der Waals surface area (Å²) in [4.78, 5) is 14.1. The second kappa shape index (κ2) is 4.58. The van der Waals surface area contributed by atoms with Crippen LogP contribution in [0.25, 0.3) is 0 Å². The fourth-order valence-electron chi connectivity index (χ4n) is 0.664. The van der Waals surface area contributed by atoms with Crippen molar-refractivity contribution in [2.24, 2.45) is 0 Å². The lowest BCUT2D eigenvalue weighted by molar-refractivity contribution is -0.133. The molecule has 1 aromatic heterocycles. The normalized spacial score (nSPS) is 8.79. The zero-order chi connectivity index (χ0) is 10.6. The van der Waals surface area contributed by atoms with E-state index < -0.39 is 11.8 Å². The molecule has 0 saturated heterocycles. The number of nitrogens with zero attached hydrogens (tertiary/aromatic N) is 1. The number of rotatable bonds is 0. The van der Waals surface area contributed by atoms with Gasteiger partial charge in [0.15, 0.2) is 11.0 Å². The summed E-state index contributed by atoms with van der Waals surface area (Å²) in [5.74, 6) is 3.14. The summed E-state index contributed by atoms with van der Waals surface area (Å²) in [7, 11) is 1.21. The van der Waals surface area contributed by atoms with Crippen LogP contribution in [-0.4, -0.2) is 18.1 Å². The molecule has 0 spiro atoms. The molecule has 0 N–H and O–H groups in total. The maximum Gasteiger partial charge on any atom is 0.384 e. The van der Waals surface area contributed by atoms with Gasteiger partial charge in [0, 0.05) is 17.7 Å². The van der Waals surface area contributed by atoms with E-state index >= 15 is 0 Å². The second-order valence-corrected chi connectivity index (χ2v) is 2.60. The molecule has 72 valence electrons. The number of ether oxygens (including phenoxy) is 1. The smallest absolute Gasteiger partial charge is 0.384 e. The molecule has 1 aromatic rings. The van der Waals surface area contributed by atoms with Gasteiger partial charge in [0.05, 0.1) is 7.11 Å². The molecule has 0 amide bonds. The molecule has 0 aliphatic carbocycles. The lowest BCUT2D eigenvalue weighted by Crippen LogP contribution is -1.94. The lowest BCUT2D eigenvalue weighted by atomic mass is 10.3. The number of hydrogen-bond acceptors (Lipinski definition) is 3. The Morgan fingerprint density at radius 2 is 2.43 bits per heavy atom. The van der Waals surface area contributed by atoms with Crippen LogP contribution < -0.4 is 0 Å². The lowest BCUT2D eigenvalue weighted by Gasteiger charge is -1.92. The van der Waals surface area contributed by atoms with Crippen LogP contribution in [0.15, 0.2) is 12.3 Å². The first-order valence-electron chi connectivity index (χ1n) is 3.54. The van der Waals surface area contributed by atoms with Gasteiger partial charge in [-0.25, -0.2) is 14.2 Å². The van der Waals surface area contributed by atoms with Gasteiger partial charge in [-0.1, -0.05) is 17.5 Å². The molecule has 0 aliphatic heterocycles. The van der Waals surface area contributed by atoms with E-state index in [-0.39, 0.29) is 10.7 Å². The van der Waals surface area contributed by atoms with Crippen molar-refractivity contribution >= 4 is 17.6 Å². The summed E-state index contributed by atoms with van der Waals surface area (Å²) in [6.07, 6.45) is 1.27. The van der Waals surface area contributed by atoms with E-state index in [0.29, 0.717) is 0 Å². The van der Waals surface area contributed by atoms with Gasteiger partial charge in [0.25, 0.3) is 0 Å². The third-order valence-corrected chi connectivity index (χ3v) is 1.57. The van der Waals surface area contributed by atoms with Crippen LogP contribution in [0.4, 0.5) is 4.39 Å². The van der Waals surface area contributed by atoms with E-state index in [0.717, 1.165) is 6.07 Å². The van der Waals surface area contributed by atoms with Crippen LogP contribution >= 0.6 is 11.6 Å². The van der Waals surface area contributed by atoms with E-state index in [1.54, 1.807) is 0 Å². The standard InChI is InChI=1S/C9H5ClFNO2/c1-14-8(13)3-2-6-4-7(11)9(10)12-5-6/h4-5H,1H3. The molecule has 0 saturated carbocycles. The Hall–Kier alpha value is -1.60. The minimum Gasteiger partial charge on any atom is -0.459 e. The highest BCUT2D eigenvalue weighted by Crippen LogP contribution is 2.10. The topological polar surface area (TPSA) is 39.2 Å². The van der Waals surface area contributed by atoms with E-state index in [4.69, 9.17) is 11.6 Å². The molecule has 1 rings (SSSR count). The van der Waals surface area contributed by atoms with Gasteiger partial charge in [-0.05, 0) is 6.07 Å². The van der Waals surface area contributed by atoms with Gasteiger partial charge >= 0.3 is 5.97 Å². The van der Waals surface area contributed by atoms with Crippen molar-refractivity contribution in [3.8, 4) is 11.8 Å². The largest absolute Gasteiger partial charge is 0.459 e. The van der Waals surface area contributed by atoms with Crippen LogP contribution in [0.3, 0.4) is 0 Å². The van der Waals surface area contributed by atoms with Crippen LogP contribution in [0, 0.1) is 17.7 Å².